The number of fused-ring (bicyclic) bond motifs is 3. The van der Waals surface area contributed by atoms with Gasteiger partial charge >= 0.3 is 0 Å². The molecule has 28 heavy (non-hydrogen) atoms. The third-order valence-electron chi connectivity index (χ3n) is 4.95. The first-order valence-corrected chi connectivity index (χ1v) is 9.83. The number of aromatic nitrogens is 2. The Hall–Kier alpha value is -2.87. The predicted molar refractivity (Wildman–Crippen MR) is 104 cm³/mol. The average Bonchev–Trinajstić information content (AvgIpc) is 3.03. The molecule has 0 bridgehead atoms. The molecule has 0 radical (unpaired) electrons. The Kier molecular flexibility index (Phi) is 4.80. The lowest BCUT2D eigenvalue weighted by Gasteiger charge is -2.17. The molecule has 1 aliphatic carbocycles. The number of thiophene rings is 1. The number of nitrogens with one attached hydrogen (secondary N) is 1. The molecule has 2 aromatic heterocycles. The Morgan fingerprint density at radius 3 is 2.96 bits per heavy atom. The zero-order valence-corrected chi connectivity index (χ0v) is 16.4. The van der Waals surface area contributed by atoms with Gasteiger partial charge in [0.1, 0.15) is 17.3 Å². The standard InChI is InChI=1S/C20H20N2O5S/c1-10-3-5-12-15(7-10)28-20-17(12)19(25)21-18(22-20)11-4-6-13(14(8-11)26-2)27-9-16(23)24/h4,6,8,10H,3,5,7,9H2,1-2H3,(H,23,24)(H,21,22,25)/p-1/t10-/m0/s1. The van der Waals surface area contributed by atoms with Crippen LogP contribution in [0.15, 0.2) is 23.0 Å². The number of aromatic amines is 1. The van der Waals surface area contributed by atoms with E-state index in [0.29, 0.717) is 28.4 Å². The van der Waals surface area contributed by atoms with Crippen LogP contribution in [0, 0.1) is 5.92 Å². The number of carboxylic acids is 1. The van der Waals surface area contributed by atoms with Crippen LogP contribution in [0.1, 0.15) is 23.8 Å². The van der Waals surface area contributed by atoms with E-state index in [0.717, 1.165) is 29.7 Å². The van der Waals surface area contributed by atoms with Crippen LogP contribution >= 0.6 is 11.3 Å². The van der Waals surface area contributed by atoms with E-state index in [1.54, 1.807) is 29.5 Å². The molecule has 3 aromatic rings. The van der Waals surface area contributed by atoms with E-state index >= 15 is 0 Å². The number of methoxy groups -OCH3 is 1. The van der Waals surface area contributed by atoms with Crippen LogP contribution < -0.4 is 20.1 Å². The van der Waals surface area contributed by atoms with Gasteiger partial charge in [0, 0.05) is 10.4 Å². The summed E-state index contributed by atoms with van der Waals surface area (Å²) in [5.41, 5.74) is 1.65. The first-order valence-electron chi connectivity index (χ1n) is 9.02. The first kappa shape index (κ1) is 18.5. The van der Waals surface area contributed by atoms with Gasteiger partial charge in [0.2, 0.25) is 0 Å². The molecule has 1 aromatic carbocycles. The summed E-state index contributed by atoms with van der Waals surface area (Å²) in [6.45, 7) is 1.66. The van der Waals surface area contributed by atoms with Gasteiger partial charge in [-0.05, 0) is 48.9 Å². The fourth-order valence-electron chi connectivity index (χ4n) is 3.56. The van der Waals surface area contributed by atoms with Crippen LogP contribution in [0.4, 0.5) is 0 Å². The Bertz CT molecular complexity index is 1120. The Labute approximate surface area is 165 Å². The van der Waals surface area contributed by atoms with E-state index < -0.39 is 12.6 Å². The minimum atomic E-state index is -1.32. The lowest BCUT2D eigenvalue weighted by Crippen LogP contribution is -2.29. The number of carbonyl (C=O) groups is 1. The van der Waals surface area contributed by atoms with Crippen molar-refractivity contribution >= 4 is 27.5 Å². The van der Waals surface area contributed by atoms with Crippen molar-refractivity contribution in [2.45, 2.75) is 26.2 Å². The molecule has 0 aliphatic heterocycles. The highest BCUT2D eigenvalue weighted by Gasteiger charge is 2.23. The van der Waals surface area contributed by atoms with Crippen LogP contribution in [-0.4, -0.2) is 29.7 Å². The summed E-state index contributed by atoms with van der Waals surface area (Å²) >= 11 is 1.59. The topological polar surface area (TPSA) is 104 Å². The number of nitrogens with zero attached hydrogens (tertiary/aromatic N) is 1. The highest BCUT2D eigenvalue weighted by molar-refractivity contribution is 7.18. The fraction of sp³-hybridized carbons (Fsp3) is 0.350. The number of aryl methyl sites for hydroxylation is 1. The van der Waals surface area contributed by atoms with E-state index in [1.165, 1.54) is 12.0 Å². The van der Waals surface area contributed by atoms with Gasteiger partial charge in [0.05, 0.1) is 18.5 Å². The van der Waals surface area contributed by atoms with Crippen LogP contribution in [0.2, 0.25) is 0 Å². The molecule has 2 heterocycles. The van der Waals surface area contributed by atoms with Crippen molar-refractivity contribution in [1.29, 1.82) is 0 Å². The zero-order chi connectivity index (χ0) is 19.8. The number of ether oxygens (including phenoxy) is 2. The number of rotatable bonds is 5. The maximum atomic E-state index is 12.8. The lowest BCUT2D eigenvalue weighted by atomic mass is 9.89. The molecule has 4 rings (SSSR count). The summed E-state index contributed by atoms with van der Waals surface area (Å²) < 4.78 is 10.4. The molecule has 146 valence electrons. The van der Waals surface area contributed by atoms with Gasteiger partial charge in [-0.25, -0.2) is 4.98 Å². The Balaban J connectivity index is 1.75. The van der Waals surface area contributed by atoms with E-state index in [-0.39, 0.29) is 11.3 Å². The number of aliphatic carboxylic acids is 1. The number of H-pyrrole nitrogens is 1. The molecule has 0 spiro atoms. The van der Waals surface area contributed by atoms with Crippen LogP contribution in [0.3, 0.4) is 0 Å². The second kappa shape index (κ2) is 7.27. The minimum Gasteiger partial charge on any atom is -0.546 e. The molecule has 0 saturated heterocycles. The van der Waals surface area contributed by atoms with E-state index in [4.69, 9.17) is 9.47 Å². The SMILES string of the molecule is COc1cc(-c2nc3sc4c(c3c(=O)[nH]2)CC[C@H](C)C4)ccc1OCC(=O)[O-]. The van der Waals surface area contributed by atoms with Crippen molar-refractivity contribution in [3.05, 3.63) is 39.0 Å². The number of hydrogen-bond donors (Lipinski definition) is 1. The molecule has 0 unspecified atom stereocenters. The van der Waals surface area contributed by atoms with Gasteiger partial charge in [-0.1, -0.05) is 6.92 Å². The van der Waals surface area contributed by atoms with Crippen molar-refractivity contribution in [2.75, 3.05) is 13.7 Å². The molecule has 1 aliphatic rings. The maximum absolute atomic E-state index is 12.8. The van der Waals surface area contributed by atoms with Crippen molar-refractivity contribution < 1.29 is 19.4 Å². The van der Waals surface area contributed by atoms with Gasteiger partial charge < -0.3 is 24.4 Å². The minimum absolute atomic E-state index is 0.136. The fourth-order valence-corrected chi connectivity index (χ4v) is 4.94. The van der Waals surface area contributed by atoms with Gasteiger partial charge in [0.25, 0.3) is 5.56 Å². The zero-order valence-electron chi connectivity index (χ0n) is 15.5. The Morgan fingerprint density at radius 1 is 1.39 bits per heavy atom. The van der Waals surface area contributed by atoms with E-state index in [1.807, 2.05) is 0 Å². The Morgan fingerprint density at radius 2 is 2.21 bits per heavy atom. The molecule has 0 saturated carbocycles. The van der Waals surface area contributed by atoms with E-state index in [2.05, 4.69) is 16.9 Å². The third-order valence-corrected chi connectivity index (χ3v) is 6.10. The summed E-state index contributed by atoms with van der Waals surface area (Å²) in [6, 6.07) is 4.94. The number of hydrogen-bond acceptors (Lipinski definition) is 7. The summed E-state index contributed by atoms with van der Waals surface area (Å²) in [4.78, 5) is 32.9. The summed E-state index contributed by atoms with van der Waals surface area (Å²) in [5, 5.41) is 11.3. The molecule has 1 atom stereocenters. The molecule has 7 nitrogen and oxygen atoms in total. The number of carbonyl (C=O) groups excluding carboxylic acids is 1. The molecule has 8 heteroatoms. The molecular weight excluding hydrogens is 380 g/mol. The van der Waals surface area contributed by atoms with Gasteiger partial charge in [-0.2, -0.15) is 0 Å². The quantitative estimate of drug-likeness (QED) is 0.703. The molecule has 1 N–H and O–H groups in total. The van der Waals surface area contributed by atoms with Crippen molar-refractivity contribution in [1.82, 2.24) is 9.97 Å². The number of benzene rings is 1. The van der Waals surface area contributed by atoms with Crippen molar-refractivity contribution in [3.63, 3.8) is 0 Å². The van der Waals surface area contributed by atoms with Gasteiger partial charge in [0.15, 0.2) is 11.5 Å². The molecule has 0 fully saturated rings. The molecule has 0 amide bonds. The second-order valence-electron chi connectivity index (χ2n) is 6.97. The highest BCUT2D eigenvalue weighted by Crippen LogP contribution is 2.37. The largest absolute Gasteiger partial charge is 0.546 e. The number of carboxylic acid groups (broad SMARTS) is 1. The first-order chi connectivity index (χ1) is 13.5. The average molecular weight is 399 g/mol. The summed E-state index contributed by atoms with van der Waals surface area (Å²) in [6.07, 6.45) is 2.99. The monoisotopic (exact) mass is 399 g/mol. The van der Waals surface area contributed by atoms with Crippen molar-refractivity contribution in [3.8, 4) is 22.9 Å². The van der Waals surface area contributed by atoms with Crippen LogP contribution in [0.5, 0.6) is 11.5 Å². The van der Waals surface area contributed by atoms with E-state index in [9.17, 15) is 14.7 Å². The summed E-state index contributed by atoms with van der Waals surface area (Å²) in [7, 11) is 1.46. The predicted octanol–water partition coefficient (Wildman–Crippen LogP) is 1.91. The smallest absolute Gasteiger partial charge is 0.260 e. The summed E-state index contributed by atoms with van der Waals surface area (Å²) in [5.74, 6) is 0.365. The normalized spacial score (nSPS) is 16.0. The van der Waals surface area contributed by atoms with Gasteiger partial charge in [-0.3, -0.25) is 4.79 Å². The van der Waals surface area contributed by atoms with Crippen LogP contribution in [-0.2, 0) is 17.6 Å². The van der Waals surface area contributed by atoms with Crippen molar-refractivity contribution in [2.24, 2.45) is 5.92 Å². The van der Waals surface area contributed by atoms with Crippen LogP contribution in [0.25, 0.3) is 21.6 Å². The lowest BCUT2D eigenvalue weighted by molar-refractivity contribution is -0.307. The highest BCUT2D eigenvalue weighted by atomic mass is 32.1. The second-order valence-corrected chi connectivity index (χ2v) is 8.06. The van der Waals surface area contributed by atoms with Gasteiger partial charge in [-0.15, -0.1) is 11.3 Å². The molecular formula is C20H19N2O5S-. The third kappa shape index (κ3) is 3.35. The maximum Gasteiger partial charge on any atom is 0.260 e.